The van der Waals surface area contributed by atoms with E-state index in [-0.39, 0.29) is 29.9 Å². The van der Waals surface area contributed by atoms with Crippen molar-refractivity contribution in [3.63, 3.8) is 0 Å². The third-order valence-electron chi connectivity index (χ3n) is 10.1. The fraction of sp³-hybridized carbons (Fsp3) is 0.500. The summed E-state index contributed by atoms with van der Waals surface area (Å²) in [7, 11) is 1.70. The molecule has 0 spiro atoms. The van der Waals surface area contributed by atoms with Gasteiger partial charge in [-0.3, -0.25) is 4.90 Å². The molecule has 12 heteroatoms. The molecule has 8 atom stereocenters. The molecule has 3 aromatic rings. The van der Waals surface area contributed by atoms with Crippen molar-refractivity contribution in [2.75, 3.05) is 20.3 Å². The largest absolute Gasteiger partial charge is 0.496 e. The summed E-state index contributed by atoms with van der Waals surface area (Å²) in [6.45, 7) is 8.69. The molecule has 3 aliphatic rings. The van der Waals surface area contributed by atoms with Crippen LogP contribution in [0.5, 0.6) is 5.75 Å². The number of aliphatic hydroxyl groups is 3. The summed E-state index contributed by atoms with van der Waals surface area (Å²) in [6, 6.07) is 11.6. The number of carbonyl (C=O) groups is 2. The van der Waals surface area contributed by atoms with Crippen molar-refractivity contribution in [2.24, 2.45) is 0 Å². The molecule has 258 valence electrons. The summed E-state index contributed by atoms with van der Waals surface area (Å²) >= 11 is 0. The highest BCUT2D eigenvalue weighted by molar-refractivity contribution is 5.90. The average Bonchev–Trinajstić information content (AvgIpc) is 3.66. The number of aromatic nitrogens is 1. The number of aryl methyl sites for hydroxylation is 1. The second-order valence-corrected chi connectivity index (χ2v) is 12.8. The van der Waals surface area contributed by atoms with Crippen molar-refractivity contribution >= 4 is 22.8 Å². The number of H-pyrrole nitrogens is 1. The van der Waals surface area contributed by atoms with E-state index in [1.54, 1.807) is 19.2 Å². The van der Waals surface area contributed by atoms with Crippen LogP contribution >= 0.6 is 0 Å². The van der Waals surface area contributed by atoms with Crippen LogP contribution in [0.15, 0.2) is 55.3 Å². The van der Waals surface area contributed by atoms with Gasteiger partial charge in [-0.2, -0.15) is 0 Å². The van der Waals surface area contributed by atoms with E-state index in [0.717, 1.165) is 59.0 Å². The molecule has 3 fully saturated rings. The second-order valence-electron chi connectivity index (χ2n) is 12.8. The first-order valence-electron chi connectivity index (χ1n) is 16.4. The molecule has 3 saturated heterocycles. The van der Waals surface area contributed by atoms with Gasteiger partial charge in [0, 0.05) is 47.4 Å². The molecule has 1 aromatic heterocycles. The van der Waals surface area contributed by atoms with Crippen molar-refractivity contribution < 1.29 is 48.6 Å². The van der Waals surface area contributed by atoms with Crippen LogP contribution in [0, 0.1) is 6.92 Å². The van der Waals surface area contributed by atoms with Gasteiger partial charge < -0.3 is 44.0 Å². The Morgan fingerprint density at radius 1 is 1.15 bits per heavy atom. The third-order valence-corrected chi connectivity index (χ3v) is 10.1. The van der Waals surface area contributed by atoms with E-state index in [4.69, 9.17) is 23.7 Å². The number of rotatable bonds is 11. The molecule has 2 bridgehead atoms. The first kappa shape index (κ1) is 34.1. The highest BCUT2D eigenvalue weighted by atomic mass is 16.7. The zero-order chi connectivity index (χ0) is 34.2. The summed E-state index contributed by atoms with van der Waals surface area (Å²) in [5, 5.41) is 32.2. The topological polar surface area (TPSA) is 160 Å². The van der Waals surface area contributed by atoms with Crippen LogP contribution in [0.3, 0.4) is 0 Å². The number of fused-ring (bicyclic) bond motifs is 3. The number of methoxy groups -OCH3 is 1. The molecule has 0 aliphatic carbocycles. The summed E-state index contributed by atoms with van der Waals surface area (Å²) in [6.07, 6.45) is -1.78. The number of hydrogen-bond acceptors (Lipinski definition) is 11. The summed E-state index contributed by atoms with van der Waals surface area (Å²) in [4.78, 5) is 31.6. The van der Waals surface area contributed by atoms with Gasteiger partial charge in [0.1, 0.15) is 30.7 Å². The zero-order valence-corrected chi connectivity index (χ0v) is 27.5. The third kappa shape index (κ3) is 6.13. The number of nitrogens with one attached hydrogen (secondary N) is 1. The van der Waals surface area contributed by atoms with Gasteiger partial charge in [-0.05, 0) is 74.9 Å². The molecule has 0 saturated carbocycles. The minimum absolute atomic E-state index is 0.0911. The standard InChI is InChI=1S/C36H44N2O10/c1-5-15-46-34(43)32-30(40)29(39)31(41)35(47-32)48-33(42)21-7-9-22(10-8-21)36-13-11-23(17-24(18-36)45-6-2)38(36)19-26-25-12-14-37-28(25)20(3)16-27(26)44-4/h5,7-10,12,14,16,23-24,29-32,35,37,39-41H,1,6,11,13,15,17-19H2,2-4H3/t23-,24+,29+,30+,31?,32+,35?,36+/m1/s1. The Morgan fingerprint density at radius 3 is 2.62 bits per heavy atom. The van der Waals surface area contributed by atoms with Gasteiger partial charge in [-0.25, -0.2) is 9.59 Å². The molecular formula is C36H44N2O10. The number of piperidine rings is 1. The lowest BCUT2D eigenvalue weighted by Crippen LogP contribution is -2.60. The highest BCUT2D eigenvalue weighted by Gasteiger charge is 2.53. The van der Waals surface area contributed by atoms with Crippen molar-refractivity contribution in [3.8, 4) is 5.75 Å². The maximum Gasteiger partial charge on any atom is 0.340 e. The maximum absolute atomic E-state index is 13.2. The first-order valence-corrected chi connectivity index (χ1v) is 16.4. The predicted molar refractivity (Wildman–Crippen MR) is 174 cm³/mol. The lowest BCUT2D eigenvalue weighted by Gasteiger charge is -2.48. The van der Waals surface area contributed by atoms with E-state index in [1.165, 1.54) is 6.08 Å². The van der Waals surface area contributed by atoms with Gasteiger partial charge in [0.25, 0.3) is 0 Å². The number of ether oxygens (including phenoxy) is 5. The monoisotopic (exact) mass is 664 g/mol. The fourth-order valence-corrected chi connectivity index (χ4v) is 7.76. The fourth-order valence-electron chi connectivity index (χ4n) is 7.76. The normalized spacial score (nSPS) is 30.2. The Hall–Kier alpha value is -3.78. The van der Waals surface area contributed by atoms with Crippen LogP contribution in [-0.2, 0) is 35.8 Å². The van der Waals surface area contributed by atoms with E-state index in [9.17, 15) is 24.9 Å². The molecule has 2 unspecified atom stereocenters. The molecule has 48 heavy (non-hydrogen) atoms. The van der Waals surface area contributed by atoms with E-state index >= 15 is 0 Å². The Kier molecular flexibility index (Phi) is 9.93. The van der Waals surface area contributed by atoms with Gasteiger partial charge >= 0.3 is 11.9 Å². The molecular weight excluding hydrogens is 620 g/mol. The summed E-state index contributed by atoms with van der Waals surface area (Å²) in [5.41, 5.74) is 4.20. The SMILES string of the molecule is C=CCOC(=O)[C@H]1OC(OC(=O)c2ccc([C@]34CC[C@H](C[C@H](OCC)C3)N4Cc3c(OC)cc(C)c4[nH]ccc34)cc2)C(O)[C@@H](O)[C@@H]1O. The summed E-state index contributed by atoms with van der Waals surface area (Å²) < 4.78 is 27.8. The number of hydrogen-bond donors (Lipinski definition) is 4. The van der Waals surface area contributed by atoms with Crippen molar-refractivity contribution in [2.45, 2.75) is 94.5 Å². The Morgan fingerprint density at radius 2 is 1.92 bits per heavy atom. The van der Waals surface area contributed by atoms with E-state index < -0.39 is 42.6 Å². The Balaban J connectivity index is 1.25. The number of carbonyl (C=O) groups excluding carboxylic acids is 2. The predicted octanol–water partition coefficient (Wildman–Crippen LogP) is 3.24. The van der Waals surface area contributed by atoms with Gasteiger partial charge in [0.2, 0.25) is 6.29 Å². The minimum Gasteiger partial charge on any atom is -0.496 e. The smallest absolute Gasteiger partial charge is 0.340 e. The Labute approximate surface area is 279 Å². The molecule has 0 amide bonds. The molecule has 6 rings (SSSR count). The molecule has 4 heterocycles. The van der Waals surface area contributed by atoms with Gasteiger partial charge in [0.15, 0.2) is 6.10 Å². The van der Waals surface area contributed by atoms with E-state index in [0.29, 0.717) is 13.2 Å². The van der Waals surface area contributed by atoms with Gasteiger partial charge in [0.05, 0.1) is 18.8 Å². The minimum atomic E-state index is -1.81. The number of esters is 2. The number of nitrogens with zero attached hydrogens (tertiary/aromatic N) is 1. The molecule has 12 nitrogen and oxygen atoms in total. The first-order chi connectivity index (χ1) is 23.1. The maximum atomic E-state index is 13.2. The summed E-state index contributed by atoms with van der Waals surface area (Å²) in [5.74, 6) is -0.975. The Bertz CT molecular complexity index is 1640. The molecule has 0 radical (unpaired) electrons. The van der Waals surface area contributed by atoms with Crippen LogP contribution in [0.2, 0.25) is 0 Å². The lowest BCUT2D eigenvalue weighted by atomic mass is 9.79. The number of aliphatic hydroxyl groups excluding tert-OH is 3. The number of aromatic amines is 1. The van der Waals surface area contributed by atoms with Crippen LogP contribution in [0.1, 0.15) is 59.7 Å². The van der Waals surface area contributed by atoms with Gasteiger partial charge in [-0.1, -0.05) is 24.8 Å². The average molecular weight is 665 g/mol. The van der Waals surface area contributed by atoms with Crippen molar-refractivity contribution in [3.05, 3.63) is 77.5 Å². The quantitative estimate of drug-likeness (QED) is 0.176. The van der Waals surface area contributed by atoms with E-state index in [2.05, 4.69) is 35.5 Å². The van der Waals surface area contributed by atoms with Crippen LogP contribution in [0.25, 0.3) is 10.9 Å². The van der Waals surface area contributed by atoms with Gasteiger partial charge in [-0.15, -0.1) is 0 Å². The lowest BCUT2D eigenvalue weighted by molar-refractivity contribution is -0.279. The molecule has 4 N–H and O–H groups in total. The highest BCUT2D eigenvalue weighted by Crippen LogP contribution is 2.53. The van der Waals surface area contributed by atoms with E-state index in [1.807, 2.05) is 25.3 Å². The zero-order valence-electron chi connectivity index (χ0n) is 27.5. The van der Waals surface area contributed by atoms with Crippen LogP contribution in [0.4, 0.5) is 0 Å². The second kappa shape index (κ2) is 14.0. The van der Waals surface area contributed by atoms with Crippen molar-refractivity contribution in [1.82, 2.24) is 9.88 Å². The van der Waals surface area contributed by atoms with Crippen molar-refractivity contribution in [1.29, 1.82) is 0 Å². The van der Waals surface area contributed by atoms with Crippen LogP contribution < -0.4 is 4.74 Å². The number of benzene rings is 2. The molecule has 2 aromatic carbocycles. The molecule has 3 aliphatic heterocycles. The van der Waals surface area contributed by atoms with Crippen LogP contribution in [-0.4, -0.2) is 100 Å².